The summed E-state index contributed by atoms with van der Waals surface area (Å²) in [5.74, 6) is 1.50. The van der Waals surface area contributed by atoms with Gasteiger partial charge in [-0.3, -0.25) is 0 Å². The van der Waals surface area contributed by atoms with Gasteiger partial charge in [0.05, 0.1) is 6.61 Å². The van der Waals surface area contributed by atoms with E-state index in [0.29, 0.717) is 25.1 Å². The number of hydrogen-bond donors (Lipinski definition) is 3. The molecule has 1 aliphatic carbocycles. The zero-order valence-corrected chi connectivity index (χ0v) is 12.1. The van der Waals surface area contributed by atoms with Crippen molar-refractivity contribution < 1.29 is 10.2 Å². The summed E-state index contributed by atoms with van der Waals surface area (Å²) < 4.78 is 0. The lowest BCUT2D eigenvalue weighted by Crippen LogP contribution is -2.50. The highest BCUT2D eigenvalue weighted by Gasteiger charge is 2.28. The van der Waals surface area contributed by atoms with Crippen LogP contribution >= 0.6 is 0 Å². The smallest absolute Gasteiger partial charge is 0.0556 e. The van der Waals surface area contributed by atoms with E-state index in [1.54, 1.807) is 0 Å². The summed E-state index contributed by atoms with van der Waals surface area (Å²) in [5.41, 5.74) is 0. The van der Waals surface area contributed by atoms with Gasteiger partial charge in [0.25, 0.3) is 0 Å². The van der Waals surface area contributed by atoms with Gasteiger partial charge in [-0.25, -0.2) is 0 Å². The third-order valence-electron chi connectivity index (χ3n) is 4.69. The second-order valence-corrected chi connectivity index (χ2v) is 6.36. The highest BCUT2D eigenvalue weighted by Crippen LogP contribution is 2.28. The molecule has 2 rings (SSSR count). The molecule has 2 atom stereocenters. The Kier molecular flexibility index (Phi) is 6.57. The average Bonchev–Trinajstić information content (AvgIpc) is 2.89. The van der Waals surface area contributed by atoms with Gasteiger partial charge in [-0.2, -0.15) is 0 Å². The Hall–Kier alpha value is -0.160. The Morgan fingerprint density at radius 2 is 1.79 bits per heavy atom. The first-order valence-electron chi connectivity index (χ1n) is 7.99. The molecule has 1 aliphatic heterocycles. The van der Waals surface area contributed by atoms with Crippen LogP contribution in [0.2, 0.25) is 0 Å². The zero-order chi connectivity index (χ0) is 13.5. The summed E-state index contributed by atoms with van der Waals surface area (Å²) in [6, 6.07) is 0.485. The molecule has 0 amide bonds. The molecule has 1 saturated heterocycles. The van der Waals surface area contributed by atoms with Gasteiger partial charge in [-0.1, -0.05) is 12.8 Å². The van der Waals surface area contributed by atoms with Crippen LogP contribution in [0.1, 0.15) is 38.5 Å². The van der Waals surface area contributed by atoms with Gasteiger partial charge in [-0.05, 0) is 37.5 Å². The largest absolute Gasteiger partial charge is 0.396 e. The number of aliphatic hydroxyl groups is 2. The number of nitrogens with one attached hydrogen (secondary N) is 1. The summed E-state index contributed by atoms with van der Waals surface area (Å²) in [7, 11) is 0. The Morgan fingerprint density at radius 1 is 1.00 bits per heavy atom. The molecular weight excluding hydrogens is 240 g/mol. The highest BCUT2D eigenvalue weighted by atomic mass is 16.3. The van der Waals surface area contributed by atoms with Crippen LogP contribution < -0.4 is 5.32 Å². The molecule has 0 aromatic carbocycles. The van der Waals surface area contributed by atoms with Crippen molar-refractivity contribution in [3.63, 3.8) is 0 Å². The second-order valence-electron chi connectivity index (χ2n) is 6.36. The molecule has 19 heavy (non-hydrogen) atoms. The molecule has 1 heterocycles. The van der Waals surface area contributed by atoms with Crippen LogP contribution in [0.5, 0.6) is 0 Å². The minimum atomic E-state index is 0.212. The molecule has 4 heteroatoms. The number of piperidine rings is 1. The summed E-state index contributed by atoms with van der Waals surface area (Å²) >= 11 is 0. The van der Waals surface area contributed by atoms with Crippen LogP contribution in [-0.2, 0) is 0 Å². The molecule has 2 aliphatic rings. The van der Waals surface area contributed by atoms with Crippen molar-refractivity contribution in [3.05, 3.63) is 0 Å². The van der Waals surface area contributed by atoms with Crippen LogP contribution in [0.15, 0.2) is 0 Å². The Morgan fingerprint density at radius 3 is 2.47 bits per heavy atom. The summed E-state index contributed by atoms with van der Waals surface area (Å²) in [6.07, 6.45) is 7.67. The van der Waals surface area contributed by atoms with Gasteiger partial charge in [-0.15, -0.1) is 0 Å². The van der Waals surface area contributed by atoms with Gasteiger partial charge in [0.2, 0.25) is 0 Å². The minimum Gasteiger partial charge on any atom is -0.396 e. The van der Waals surface area contributed by atoms with E-state index in [1.807, 2.05) is 0 Å². The molecule has 4 nitrogen and oxygen atoms in total. The van der Waals surface area contributed by atoms with Crippen molar-refractivity contribution in [2.75, 3.05) is 39.4 Å². The molecule has 1 saturated carbocycles. The van der Waals surface area contributed by atoms with Crippen molar-refractivity contribution in [2.45, 2.75) is 44.6 Å². The number of hydrogen-bond acceptors (Lipinski definition) is 4. The number of aliphatic hydroxyl groups excluding tert-OH is 2. The van der Waals surface area contributed by atoms with Gasteiger partial charge < -0.3 is 20.4 Å². The molecule has 0 bridgehead atoms. The van der Waals surface area contributed by atoms with E-state index in [-0.39, 0.29) is 6.61 Å². The van der Waals surface area contributed by atoms with Crippen LogP contribution in [0.4, 0.5) is 0 Å². The summed E-state index contributed by atoms with van der Waals surface area (Å²) in [6.45, 7) is 4.69. The SMILES string of the molecule is OCCNC1CC(CCO)CN(CC2CCCC2)C1. The van der Waals surface area contributed by atoms with Gasteiger partial charge in [0.15, 0.2) is 0 Å². The van der Waals surface area contributed by atoms with Crippen molar-refractivity contribution in [1.82, 2.24) is 10.2 Å². The lowest BCUT2D eigenvalue weighted by atomic mass is 9.91. The molecule has 0 aromatic rings. The fourth-order valence-electron chi connectivity index (χ4n) is 3.82. The topological polar surface area (TPSA) is 55.7 Å². The predicted molar refractivity (Wildman–Crippen MR) is 77.1 cm³/mol. The molecule has 2 fully saturated rings. The molecule has 2 unspecified atom stereocenters. The van der Waals surface area contributed by atoms with E-state index in [9.17, 15) is 5.11 Å². The van der Waals surface area contributed by atoms with Gasteiger partial charge in [0.1, 0.15) is 0 Å². The zero-order valence-electron chi connectivity index (χ0n) is 12.1. The normalized spacial score (nSPS) is 30.0. The number of likely N-dealkylation sites (tertiary alicyclic amines) is 1. The third kappa shape index (κ3) is 5.03. The number of rotatable bonds is 7. The molecule has 3 N–H and O–H groups in total. The highest BCUT2D eigenvalue weighted by molar-refractivity contribution is 4.85. The maximum absolute atomic E-state index is 9.17. The maximum atomic E-state index is 9.17. The quantitative estimate of drug-likeness (QED) is 0.641. The molecule has 0 radical (unpaired) electrons. The van der Waals surface area contributed by atoms with E-state index < -0.39 is 0 Å². The fraction of sp³-hybridized carbons (Fsp3) is 1.00. The Bertz CT molecular complexity index is 244. The average molecular weight is 270 g/mol. The fourth-order valence-corrected chi connectivity index (χ4v) is 3.82. The molecule has 0 aromatic heterocycles. The minimum absolute atomic E-state index is 0.212. The summed E-state index contributed by atoms with van der Waals surface area (Å²) in [4.78, 5) is 2.59. The maximum Gasteiger partial charge on any atom is 0.0556 e. The third-order valence-corrected chi connectivity index (χ3v) is 4.69. The number of nitrogens with zero attached hydrogens (tertiary/aromatic N) is 1. The van der Waals surface area contributed by atoms with Crippen LogP contribution in [0, 0.1) is 11.8 Å². The van der Waals surface area contributed by atoms with E-state index in [2.05, 4.69) is 10.2 Å². The Labute approximate surface area is 117 Å². The van der Waals surface area contributed by atoms with Crippen molar-refractivity contribution in [3.8, 4) is 0 Å². The van der Waals surface area contributed by atoms with Crippen LogP contribution in [0.25, 0.3) is 0 Å². The van der Waals surface area contributed by atoms with Gasteiger partial charge >= 0.3 is 0 Å². The first-order chi connectivity index (χ1) is 9.31. The van der Waals surface area contributed by atoms with Crippen LogP contribution in [-0.4, -0.2) is 60.5 Å². The van der Waals surface area contributed by atoms with E-state index in [4.69, 9.17) is 5.11 Å². The van der Waals surface area contributed by atoms with Crippen molar-refractivity contribution in [2.24, 2.45) is 11.8 Å². The molecular formula is C15H30N2O2. The van der Waals surface area contributed by atoms with Crippen LogP contribution in [0.3, 0.4) is 0 Å². The van der Waals surface area contributed by atoms with E-state index >= 15 is 0 Å². The van der Waals surface area contributed by atoms with Crippen molar-refractivity contribution >= 4 is 0 Å². The molecule has 0 spiro atoms. The monoisotopic (exact) mass is 270 g/mol. The Balaban J connectivity index is 1.81. The van der Waals surface area contributed by atoms with E-state index in [0.717, 1.165) is 31.8 Å². The first kappa shape index (κ1) is 15.2. The lowest BCUT2D eigenvalue weighted by molar-refractivity contribution is 0.105. The van der Waals surface area contributed by atoms with E-state index in [1.165, 1.54) is 32.2 Å². The first-order valence-corrected chi connectivity index (χ1v) is 7.99. The predicted octanol–water partition coefficient (Wildman–Crippen LogP) is 0.831. The summed E-state index contributed by atoms with van der Waals surface area (Å²) in [5, 5.41) is 21.6. The second kappa shape index (κ2) is 8.20. The van der Waals surface area contributed by atoms with Gasteiger partial charge in [0, 0.05) is 38.8 Å². The standard InChI is InChI=1S/C15H30N2O2/c18-7-5-14-9-15(16-6-8-19)12-17(11-14)10-13-3-1-2-4-13/h13-16,18-19H,1-12H2. The lowest BCUT2D eigenvalue weighted by Gasteiger charge is -2.39. The molecule has 112 valence electrons. The van der Waals surface area contributed by atoms with Crippen molar-refractivity contribution in [1.29, 1.82) is 0 Å².